The maximum absolute atomic E-state index is 12.3. The molecule has 0 unspecified atom stereocenters. The first kappa shape index (κ1) is 16.3. The average molecular weight is 391 g/mol. The maximum atomic E-state index is 12.3. The van der Waals surface area contributed by atoms with Crippen LogP contribution in [0.5, 0.6) is 0 Å². The SMILES string of the molecule is CN(Cc1ccc(Br)s1)C(=O)CCCc1c[nH]c2ccccc12. The van der Waals surface area contributed by atoms with Crippen molar-refractivity contribution < 1.29 is 4.79 Å². The van der Waals surface area contributed by atoms with E-state index in [1.807, 2.05) is 24.1 Å². The number of nitrogens with one attached hydrogen (secondary N) is 1. The predicted molar refractivity (Wildman–Crippen MR) is 99.7 cm³/mol. The molecule has 1 aromatic carbocycles. The van der Waals surface area contributed by atoms with E-state index in [0.29, 0.717) is 13.0 Å². The molecule has 0 aliphatic heterocycles. The zero-order valence-corrected chi connectivity index (χ0v) is 15.4. The lowest BCUT2D eigenvalue weighted by molar-refractivity contribution is -0.130. The molecule has 0 saturated heterocycles. The number of nitrogens with zero attached hydrogens (tertiary/aromatic N) is 1. The van der Waals surface area contributed by atoms with Crippen LogP contribution >= 0.6 is 27.3 Å². The monoisotopic (exact) mass is 390 g/mol. The highest BCUT2D eigenvalue weighted by molar-refractivity contribution is 9.11. The van der Waals surface area contributed by atoms with Gasteiger partial charge in [0.05, 0.1) is 10.3 Å². The van der Waals surface area contributed by atoms with Crippen LogP contribution in [0.25, 0.3) is 10.9 Å². The molecule has 2 aromatic heterocycles. The number of hydrogen-bond acceptors (Lipinski definition) is 2. The summed E-state index contributed by atoms with van der Waals surface area (Å²) in [4.78, 5) is 18.6. The lowest BCUT2D eigenvalue weighted by Gasteiger charge is -2.16. The summed E-state index contributed by atoms with van der Waals surface area (Å²) in [6.45, 7) is 0.683. The van der Waals surface area contributed by atoms with Crippen molar-refractivity contribution in [2.75, 3.05) is 7.05 Å². The zero-order valence-electron chi connectivity index (χ0n) is 13.0. The molecular formula is C18H19BrN2OS. The number of carbonyl (C=O) groups is 1. The van der Waals surface area contributed by atoms with Crippen LogP contribution in [0.3, 0.4) is 0 Å². The fourth-order valence-corrected chi connectivity index (χ4v) is 4.25. The van der Waals surface area contributed by atoms with E-state index < -0.39 is 0 Å². The van der Waals surface area contributed by atoms with Gasteiger partial charge in [0.1, 0.15) is 0 Å². The fraction of sp³-hybridized carbons (Fsp3) is 0.278. The largest absolute Gasteiger partial charge is 0.361 e. The van der Waals surface area contributed by atoms with E-state index in [2.05, 4.69) is 51.4 Å². The third-order valence-electron chi connectivity index (χ3n) is 3.96. The van der Waals surface area contributed by atoms with Crippen molar-refractivity contribution >= 4 is 44.1 Å². The smallest absolute Gasteiger partial charge is 0.222 e. The van der Waals surface area contributed by atoms with Crippen LogP contribution in [0, 0.1) is 0 Å². The summed E-state index contributed by atoms with van der Waals surface area (Å²) in [5.74, 6) is 0.203. The topological polar surface area (TPSA) is 36.1 Å². The Hall–Kier alpha value is -1.59. The Bertz CT molecular complexity index is 808. The van der Waals surface area contributed by atoms with E-state index >= 15 is 0 Å². The first-order valence-electron chi connectivity index (χ1n) is 7.66. The number of benzene rings is 1. The van der Waals surface area contributed by atoms with Gasteiger partial charge in [-0.25, -0.2) is 0 Å². The van der Waals surface area contributed by atoms with E-state index in [0.717, 1.165) is 22.1 Å². The predicted octanol–water partition coefficient (Wildman–Crippen LogP) is 4.97. The Morgan fingerprint density at radius 1 is 1.26 bits per heavy atom. The molecule has 3 rings (SSSR count). The summed E-state index contributed by atoms with van der Waals surface area (Å²) >= 11 is 5.13. The Kier molecular flexibility index (Phi) is 5.18. The Balaban J connectivity index is 1.50. The highest BCUT2D eigenvalue weighted by Crippen LogP contribution is 2.23. The lowest BCUT2D eigenvalue weighted by Crippen LogP contribution is -2.25. The Labute approximate surface area is 148 Å². The van der Waals surface area contributed by atoms with Gasteiger partial charge in [0.15, 0.2) is 0 Å². The highest BCUT2D eigenvalue weighted by atomic mass is 79.9. The average Bonchev–Trinajstić information content (AvgIpc) is 3.14. The normalized spacial score (nSPS) is 11.0. The second-order valence-electron chi connectivity index (χ2n) is 5.67. The summed E-state index contributed by atoms with van der Waals surface area (Å²) in [6, 6.07) is 12.4. The molecule has 0 aliphatic carbocycles. The highest BCUT2D eigenvalue weighted by Gasteiger charge is 2.11. The molecule has 0 bridgehead atoms. The number of rotatable bonds is 6. The second-order valence-corrected chi connectivity index (χ2v) is 8.22. The molecule has 120 valence electrons. The number of fused-ring (bicyclic) bond motifs is 1. The summed E-state index contributed by atoms with van der Waals surface area (Å²) < 4.78 is 1.10. The minimum absolute atomic E-state index is 0.203. The lowest BCUT2D eigenvalue weighted by atomic mass is 10.1. The van der Waals surface area contributed by atoms with Crippen molar-refractivity contribution in [3.8, 4) is 0 Å². The minimum Gasteiger partial charge on any atom is -0.361 e. The third-order valence-corrected chi connectivity index (χ3v) is 5.57. The number of amides is 1. The number of H-pyrrole nitrogens is 1. The molecule has 0 atom stereocenters. The van der Waals surface area contributed by atoms with Crippen molar-refractivity contribution in [3.63, 3.8) is 0 Å². The number of halogens is 1. The summed E-state index contributed by atoms with van der Waals surface area (Å²) in [5, 5.41) is 1.26. The summed E-state index contributed by atoms with van der Waals surface area (Å²) in [6.07, 6.45) is 4.44. The first-order valence-corrected chi connectivity index (χ1v) is 9.27. The van der Waals surface area contributed by atoms with Gasteiger partial charge in [0.25, 0.3) is 0 Å². The molecule has 0 saturated carbocycles. The van der Waals surface area contributed by atoms with Crippen LogP contribution in [0.1, 0.15) is 23.3 Å². The molecule has 2 heterocycles. The van der Waals surface area contributed by atoms with Gasteiger partial charge in [-0.2, -0.15) is 0 Å². The van der Waals surface area contributed by atoms with Gasteiger partial charge >= 0.3 is 0 Å². The first-order chi connectivity index (χ1) is 11.1. The van der Waals surface area contributed by atoms with Gasteiger partial charge in [-0.15, -0.1) is 11.3 Å². The van der Waals surface area contributed by atoms with Gasteiger partial charge in [0, 0.05) is 35.4 Å². The molecule has 0 spiro atoms. The van der Waals surface area contributed by atoms with E-state index in [-0.39, 0.29) is 5.91 Å². The molecule has 5 heteroatoms. The van der Waals surface area contributed by atoms with E-state index in [1.54, 1.807) is 11.3 Å². The molecule has 0 radical (unpaired) electrons. The zero-order chi connectivity index (χ0) is 16.2. The Morgan fingerprint density at radius 2 is 2.09 bits per heavy atom. The van der Waals surface area contributed by atoms with Crippen LogP contribution < -0.4 is 0 Å². The van der Waals surface area contributed by atoms with Crippen molar-refractivity contribution in [1.29, 1.82) is 0 Å². The van der Waals surface area contributed by atoms with Crippen molar-refractivity contribution in [3.05, 3.63) is 56.8 Å². The second kappa shape index (κ2) is 7.32. The summed E-state index contributed by atoms with van der Waals surface area (Å²) in [5.41, 5.74) is 2.45. The Morgan fingerprint density at radius 3 is 2.87 bits per heavy atom. The van der Waals surface area contributed by atoms with Crippen LogP contribution in [-0.2, 0) is 17.8 Å². The molecule has 3 nitrogen and oxygen atoms in total. The van der Waals surface area contributed by atoms with E-state index in [9.17, 15) is 4.79 Å². The van der Waals surface area contributed by atoms with E-state index in [1.165, 1.54) is 15.8 Å². The van der Waals surface area contributed by atoms with Gasteiger partial charge < -0.3 is 9.88 Å². The van der Waals surface area contributed by atoms with E-state index in [4.69, 9.17) is 0 Å². The van der Waals surface area contributed by atoms with Crippen LogP contribution in [-0.4, -0.2) is 22.8 Å². The van der Waals surface area contributed by atoms with Crippen LogP contribution in [0.15, 0.2) is 46.4 Å². The molecule has 1 amide bonds. The number of para-hydroxylation sites is 1. The number of aromatic amines is 1. The molecule has 0 fully saturated rings. The number of hydrogen-bond donors (Lipinski definition) is 1. The van der Waals surface area contributed by atoms with Gasteiger partial charge in [-0.1, -0.05) is 18.2 Å². The van der Waals surface area contributed by atoms with Crippen molar-refractivity contribution in [2.45, 2.75) is 25.8 Å². The summed E-state index contributed by atoms with van der Waals surface area (Å²) in [7, 11) is 1.88. The van der Waals surface area contributed by atoms with Gasteiger partial charge in [-0.3, -0.25) is 4.79 Å². The molecule has 1 N–H and O–H groups in total. The standard InChI is InChI=1S/C18H19BrN2OS/c1-21(12-14-9-10-17(19)23-14)18(22)8-4-5-13-11-20-16-7-3-2-6-15(13)16/h2-3,6-7,9-11,20H,4-5,8,12H2,1H3. The van der Waals surface area contributed by atoms with Gasteiger partial charge in [0.2, 0.25) is 5.91 Å². The molecule has 0 aliphatic rings. The number of aromatic nitrogens is 1. The van der Waals surface area contributed by atoms with Gasteiger partial charge in [-0.05, 0) is 52.5 Å². The third kappa shape index (κ3) is 4.03. The van der Waals surface area contributed by atoms with Crippen molar-refractivity contribution in [1.82, 2.24) is 9.88 Å². The van der Waals surface area contributed by atoms with Crippen LogP contribution in [0.2, 0.25) is 0 Å². The molecular weight excluding hydrogens is 372 g/mol. The quantitative estimate of drug-likeness (QED) is 0.633. The van der Waals surface area contributed by atoms with Crippen LogP contribution in [0.4, 0.5) is 0 Å². The number of aryl methyl sites for hydroxylation is 1. The minimum atomic E-state index is 0.203. The fourth-order valence-electron chi connectivity index (χ4n) is 2.72. The maximum Gasteiger partial charge on any atom is 0.222 e. The molecule has 23 heavy (non-hydrogen) atoms. The van der Waals surface area contributed by atoms with Crippen molar-refractivity contribution in [2.24, 2.45) is 0 Å². The molecule has 3 aromatic rings. The number of carbonyl (C=O) groups excluding carboxylic acids is 1. The number of thiophene rings is 1.